The molecule has 100 valence electrons. The molecule has 0 aliphatic rings. The third kappa shape index (κ3) is 3.22. The van der Waals surface area contributed by atoms with Crippen molar-refractivity contribution >= 4 is 21.4 Å². The molecule has 5 nitrogen and oxygen atoms in total. The van der Waals surface area contributed by atoms with E-state index >= 15 is 0 Å². The number of hydrogen-bond acceptors (Lipinski definition) is 4. The summed E-state index contributed by atoms with van der Waals surface area (Å²) in [7, 11) is -3.67. The molecule has 0 radical (unpaired) electrons. The highest BCUT2D eigenvalue weighted by Gasteiger charge is 2.29. The van der Waals surface area contributed by atoms with E-state index in [1.54, 1.807) is 13.8 Å². The number of amides is 1. The van der Waals surface area contributed by atoms with E-state index in [0.29, 0.717) is 5.69 Å². The number of carbonyl (C=O) groups is 1. The molecule has 3 N–H and O–H groups in total. The number of hydrogen-bond donors (Lipinski definition) is 2. The van der Waals surface area contributed by atoms with Crippen LogP contribution in [0.1, 0.15) is 20.8 Å². The van der Waals surface area contributed by atoms with Crippen LogP contribution in [0.25, 0.3) is 0 Å². The predicted octanol–water partition coefficient (Wildman–Crippen LogP) is 0.956. The molecule has 0 aromatic heterocycles. The second kappa shape index (κ2) is 5.39. The summed E-state index contributed by atoms with van der Waals surface area (Å²) in [5.74, 6) is -0.498. The lowest BCUT2D eigenvalue weighted by molar-refractivity contribution is -0.120. The van der Waals surface area contributed by atoms with E-state index in [1.165, 1.54) is 31.2 Å². The molecule has 1 aromatic carbocycles. The van der Waals surface area contributed by atoms with Crippen molar-refractivity contribution in [3.8, 4) is 0 Å². The Morgan fingerprint density at radius 3 is 2.11 bits per heavy atom. The van der Waals surface area contributed by atoms with Gasteiger partial charge in [-0.15, -0.1) is 0 Å². The van der Waals surface area contributed by atoms with Gasteiger partial charge in [0, 0.05) is 11.7 Å². The highest BCUT2D eigenvalue weighted by molar-refractivity contribution is 7.92. The lowest BCUT2D eigenvalue weighted by Crippen LogP contribution is -2.41. The Labute approximate surface area is 107 Å². The van der Waals surface area contributed by atoms with E-state index in [4.69, 9.17) is 5.73 Å². The zero-order valence-corrected chi connectivity index (χ0v) is 11.5. The van der Waals surface area contributed by atoms with Gasteiger partial charge < -0.3 is 11.1 Å². The Balaban J connectivity index is 2.99. The van der Waals surface area contributed by atoms with Crippen molar-refractivity contribution < 1.29 is 13.2 Å². The van der Waals surface area contributed by atoms with Gasteiger partial charge in [-0.1, -0.05) is 0 Å². The quantitative estimate of drug-likeness (QED) is 0.797. The molecule has 1 aromatic rings. The Morgan fingerprint density at radius 2 is 1.67 bits per heavy atom. The second-order valence-electron chi connectivity index (χ2n) is 4.42. The van der Waals surface area contributed by atoms with Crippen LogP contribution in [0.3, 0.4) is 0 Å². The van der Waals surface area contributed by atoms with Crippen LogP contribution in [0, 0.1) is 0 Å². The monoisotopic (exact) mass is 270 g/mol. The van der Waals surface area contributed by atoms with Crippen molar-refractivity contribution in [2.24, 2.45) is 0 Å². The average molecular weight is 270 g/mol. The van der Waals surface area contributed by atoms with Crippen molar-refractivity contribution in [3.05, 3.63) is 24.3 Å². The lowest BCUT2D eigenvalue weighted by atomic mass is 10.3. The number of carbonyl (C=O) groups excluding carboxylic acids is 1. The van der Waals surface area contributed by atoms with E-state index in [1.807, 2.05) is 0 Å². The van der Waals surface area contributed by atoms with Gasteiger partial charge in [0.1, 0.15) is 5.25 Å². The van der Waals surface area contributed by atoms with Crippen LogP contribution in [0.4, 0.5) is 5.69 Å². The van der Waals surface area contributed by atoms with Crippen LogP contribution >= 0.6 is 0 Å². The molecular formula is C12H18N2O3S. The number of sulfone groups is 1. The number of anilines is 1. The van der Waals surface area contributed by atoms with Gasteiger partial charge in [0.2, 0.25) is 5.91 Å². The summed E-state index contributed by atoms with van der Waals surface area (Å²) in [6, 6.07) is 5.72. The molecule has 1 amide bonds. The van der Waals surface area contributed by atoms with Gasteiger partial charge in [-0.05, 0) is 45.0 Å². The molecule has 18 heavy (non-hydrogen) atoms. The Bertz CT molecular complexity index is 521. The van der Waals surface area contributed by atoms with Crippen molar-refractivity contribution in [2.45, 2.75) is 37.0 Å². The third-order valence-electron chi connectivity index (χ3n) is 2.47. The van der Waals surface area contributed by atoms with Crippen molar-refractivity contribution in [2.75, 3.05) is 5.73 Å². The highest BCUT2D eigenvalue weighted by Crippen LogP contribution is 2.17. The molecular weight excluding hydrogens is 252 g/mol. The first kappa shape index (κ1) is 14.5. The maximum absolute atomic E-state index is 12.2. The molecule has 0 spiro atoms. The first-order valence-corrected chi connectivity index (χ1v) is 7.19. The van der Waals surface area contributed by atoms with Gasteiger partial charge in [-0.2, -0.15) is 0 Å². The number of nitrogens with one attached hydrogen (secondary N) is 1. The first-order valence-electron chi connectivity index (χ1n) is 5.65. The van der Waals surface area contributed by atoms with Crippen molar-refractivity contribution in [1.82, 2.24) is 5.32 Å². The molecule has 0 saturated heterocycles. The maximum atomic E-state index is 12.2. The highest BCUT2D eigenvalue weighted by atomic mass is 32.2. The predicted molar refractivity (Wildman–Crippen MR) is 70.8 cm³/mol. The fourth-order valence-electron chi connectivity index (χ4n) is 1.40. The van der Waals surface area contributed by atoms with Crippen LogP contribution in [0.15, 0.2) is 29.2 Å². The average Bonchev–Trinajstić information content (AvgIpc) is 2.27. The smallest absolute Gasteiger partial charge is 0.238 e. The van der Waals surface area contributed by atoms with Gasteiger partial charge in [-0.3, -0.25) is 4.79 Å². The van der Waals surface area contributed by atoms with E-state index in [2.05, 4.69) is 5.32 Å². The number of rotatable bonds is 4. The molecule has 0 aliphatic heterocycles. The number of nitrogen functional groups attached to an aromatic ring is 1. The summed E-state index contributed by atoms with van der Waals surface area (Å²) in [6.45, 7) is 4.93. The van der Waals surface area contributed by atoms with E-state index < -0.39 is 21.0 Å². The van der Waals surface area contributed by atoms with E-state index in [-0.39, 0.29) is 10.9 Å². The maximum Gasteiger partial charge on any atom is 0.238 e. The van der Waals surface area contributed by atoms with Crippen LogP contribution in [-0.2, 0) is 14.6 Å². The van der Waals surface area contributed by atoms with Crippen LogP contribution < -0.4 is 11.1 Å². The first-order chi connectivity index (χ1) is 8.25. The standard InChI is InChI=1S/C12H18N2O3S/c1-8(2)14-12(15)9(3)18(16,17)11-6-4-10(13)5-7-11/h4-9H,13H2,1-3H3,(H,14,15). The molecule has 0 bridgehead atoms. The normalized spacial score (nSPS) is 13.3. The summed E-state index contributed by atoms with van der Waals surface area (Å²) in [5, 5.41) is 1.47. The zero-order valence-electron chi connectivity index (χ0n) is 10.7. The minimum Gasteiger partial charge on any atom is -0.399 e. The number of benzene rings is 1. The summed E-state index contributed by atoms with van der Waals surface area (Å²) < 4.78 is 24.3. The van der Waals surface area contributed by atoms with Crippen molar-refractivity contribution in [3.63, 3.8) is 0 Å². The van der Waals surface area contributed by atoms with Gasteiger partial charge >= 0.3 is 0 Å². The van der Waals surface area contributed by atoms with Gasteiger partial charge in [0.25, 0.3) is 0 Å². The second-order valence-corrected chi connectivity index (χ2v) is 6.69. The number of nitrogens with two attached hydrogens (primary N) is 1. The van der Waals surface area contributed by atoms with Crippen LogP contribution in [0.5, 0.6) is 0 Å². The molecule has 6 heteroatoms. The van der Waals surface area contributed by atoms with Gasteiger partial charge in [-0.25, -0.2) is 8.42 Å². The molecule has 1 unspecified atom stereocenters. The van der Waals surface area contributed by atoms with E-state index in [9.17, 15) is 13.2 Å². The molecule has 0 saturated carbocycles. The fraction of sp³-hybridized carbons (Fsp3) is 0.417. The Kier molecular flexibility index (Phi) is 4.34. The summed E-state index contributed by atoms with van der Waals surface area (Å²) >= 11 is 0. The Hall–Kier alpha value is -1.56. The largest absolute Gasteiger partial charge is 0.399 e. The lowest BCUT2D eigenvalue weighted by Gasteiger charge is -2.15. The zero-order chi connectivity index (χ0) is 13.9. The summed E-state index contributed by atoms with van der Waals surface area (Å²) in [6.07, 6.45) is 0. The molecule has 1 atom stereocenters. The molecule has 1 rings (SSSR count). The SMILES string of the molecule is CC(C)NC(=O)C(C)S(=O)(=O)c1ccc(N)cc1. The fourth-order valence-corrected chi connectivity index (χ4v) is 2.68. The summed E-state index contributed by atoms with van der Waals surface area (Å²) in [4.78, 5) is 11.8. The van der Waals surface area contributed by atoms with Crippen LogP contribution in [0.2, 0.25) is 0 Å². The third-order valence-corrected chi connectivity index (χ3v) is 4.55. The van der Waals surface area contributed by atoms with E-state index in [0.717, 1.165) is 0 Å². The van der Waals surface area contributed by atoms with Gasteiger partial charge in [0.05, 0.1) is 4.90 Å². The molecule has 0 heterocycles. The van der Waals surface area contributed by atoms with Crippen molar-refractivity contribution in [1.29, 1.82) is 0 Å². The molecule has 0 fully saturated rings. The Morgan fingerprint density at radius 1 is 1.17 bits per heavy atom. The molecule has 0 aliphatic carbocycles. The van der Waals surface area contributed by atoms with Gasteiger partial charge in [0.15, 0.2) is 9.84 Å². The minimum absolute atomic E-state index is 0.0958. The minimum atomic E-state index is -3.67. The summed E-state index contributed by atoms with van der Waals surface area (Å²) in [5.41, 5.74) is 5.98. The topological polar surface area (TPSA) is 89.3 Å². The van der Waals surface area contributed by atoms with Crippen LogP contribution in [-0.4, -0.2) is 25.6 Å².